The van der Waals surface area contributed by atoms with E-state index in [2.05, 4.69) is 6.08 Å². The molecule has 5 unspecified atom stereocenters. The predicted octanol–water partition coefficient (Wildman–Crippen LogP) is -0.0647. The molecule has 15 heavy (non-hydrogen) atoms. The van der Waals surface area contributed by atoms with Crippen LogP contribution >= 0.6 is 0 Å². The highest BCUT2D eigenvalue weighted by Gasteiger charge is 2.87. The Morgan fingerprint density at radius 2 is 2.20 bits per heavy atom. The van der Waals surface area contributed by atoms with E-state index >= 15 is 0 Å². The standard InChI is InChI=1S/C11H15NO3/c1-14-5-10-3-4-11(12)7(9(13)15-2)6(10)8(10)11/h3-4,6-8H,5,12H2,1-2H3. The third kappa shape index (κ3) is 0.764. The zero-order chi connectivity index (χ0) is 10.8. The molecule has 3 aliphatic carbocycles. The van der Waals surface area contributed by atoms with Crippen molar-refractivity contribution in [1.29, 1.82) is 0 Å². The van der Waals surface area contributed by atoms with Crippen LogP contribution in [0.25, 0.3) is 0 Å². The number of methoxy groups -OCH3 is 2. The summed E-state index contributed by atoms with van der Waals surface area (Å²) in [6.07, 6.45) is 4.10. The summed E-state index contributed by atoms with van der Waals surface area (Å²) in [6.45, 7) is 0.658. The minimum absolute atomic E-state index is 0.0301. The van der Waals surface area contributed by atoms with E-state index in [1.807, 2.05) is 6.08 Å². The van der Waals surface area contributed by atoms with Gasteiger partial charge in [-0.05, 0) is 11.8 Å². The second kappa shape index (κ2) is 2.44. The zero-order valence-corrected chi connectivity index (χ0v) is 8.90. The molecule has 0 spiro atoms. The molecule has 0 bridgehead atoms. The second-order valence-electron chi connectivity index (χ2n) is 4.88. The van der Waals surface area contributed by atoms with Gasteiger partial charge in [-0.3, -0.25) is 4.79 Å². The van der Waals surface area contributed by atoms with Crippen LogP contribution in [0.1, 0.15) is 0 Å². The van der Waals surface area contributed by atoms with Crippen LogP contribution < -0.4 is 5.73 Å². The van der Waals surface area contributed by atoms with Crippen LogP contribution in [0.2, 0.25) is 0 Å². The fraction of sp³-hybridized carbons (Fsp3) is 0.727. The summed E-state index contributed by atoms with van der Waals surface area (Å²) in [7, 11) is 3.10. The van der Waals surface area contributed by atoms with Crippen molar-refractivity contribution in [2.24, 2.45) is 28.9 Å². The summed E-state index contributed by atoms with van der Waals surface area (Å²) in [6, 6.07) is 0. The van der Waals surface area contributed by atoms with Crippen LogP contribution in [0.15, 0.2) is 12.2 Å². The molecule has 0 radical (unpaired) electrons. The van der Waals surface area contributed by atoms with Gasteiger partial charge >= 0.3 is 5.97 Å². The lowest BCUT2D eigenvalue weighted by Gasteiger charge is -2.41. The Morgan fingerprint density at radius 1 is 1.47 bits per heavy atom. The van der Waals surface area contributed by atoms with Crippen LogP contribution in [-0.2, 0) is 14.3 Å². The SMILES string of the molecule is COCC12C=CC3(N)C(C(=O)OC)C1C32. The maximum Gasteiger partial charge on any atom is 0.311 e. The molecule has 2 fully saturated rings. The van der Waals surface area contributed by atoms with Gasteiger partial charge in [0.1, 0.15) is 0 Å². The third-order valence-electron chi connectivity index (χ3n) is 4.42. The number of rotatable bonds is 3. The van der Waals surface area contributed by atoms with Crippen molar-refractivity contribution in [3.05, 3.63) is 12.2 Å². The summed E-state index contributed by atoms with van der Waals surface area (Å²) in [5.74, 6) is 0.405. The smallest absolute Gasteiger partial charge is 0.311 e. The first kappa shape index (κ1) is 9.36. The fourth-order valence-corrected chi connectivity index (χ4v) is 3.84. The average molecular weight is 209 g/mol. The minimum Gasteiger partial charge on any atom is -0.469 e. The van der Waals surface area contributed by atoms with Crippen LogP contribution in [0.3, 0.4) is 0 Å². The van der Waals surface area contributed by atoms with Crippen molar-refractivity contribution < 1.29 is 14.3 Å². The molecule has 0 aliphatic heterocycles. The Hall–Kier alpha value is -0.870. The largest absolute Gasteiger partial charge is 0.469 e. The van der Waals surface area contributed by atoms with Gasteiger partial charge in [-0.2, -0.15) is 0 Å². The number of hydrogen-bond acceptors (Lipinski definition) is 4. The van der Waals surface area contributed by atoms with E-state index in [4.69, 9.17) is 15.2 Å². The number of hydrogen-bond donors (Lipinski definition) is 1. The van der Waals surface area contributed by atoms with Crippen LogP contribution in [-0.4, -0.2) is 32.3 Å². The van der Waals surface area contributed by atoms with Gasteiger partial charge in [-0.1, -0.05) is 12.2 Å². The monoisotopic (exact) mass is 209 g/mol. The maximum absolute atomic E-state index is 11.6. The number of carbonyl (C=O) groups is 1. The molecule has 0 aromatic rings. The molecule has 0 amide bonds. The van der Waals surface area contributed by atoms with Gasteiger partial charge in [0, 0.05) is 12.5 Å². The van der Waals surface area contributed by atoms with E-state index in [-0.39, 0.29) is 17.3 Å². The minimum atomic E-state index is -0.462. The third-order valence-corrected chi connectivity index (χ3v) is 4.42. The lowest BCUT2D eigenvalue weighted by Crippen LogP contribution is -2.59. The van der Waals surface area contributed by atoms with Crippen molar-refractivity contribution in [2.45, 2.75) is 5.54 Å². The molecule has 0 aromatic carbocycles. The van der Waals surface area contributed by atoms with Crippen LogP contribution in [0.5, 0.6) is 0 Å². The molecule has 0 aromatic heterocycles. The number of carbonyl (C=O) groups excluding carboxylic acids is 1. The first-order valence-electron chi connectivity index (χ1n) is 5.18. The molecule has 0 heterocycles. The summed E-state index contributed by atoms with van der Waals surface area (Å²) < 4.78 is 10.0. The van der Waals surface area contributed by atoms with Crippen molar-refractivity contribution in [3.8, 4) is 0 Å². The van der Waals surface area contributed by atoms with E-state index in [9.17, 15) is 4.79 Å². The molecule has 82 valence electrons. The molecule has 3 rings (SSSR count). The van der Waals surface area contributed by atoms with E-state index in [0.717, 1.165) is 0 Å². The van der Waals surface area contributed by atoms with Crippen molar-refractivity contribution >= 4 is 5.97 Å². The average Bonchev–Trinajstić information content (AvgIpc) is 2.71. The normalized spacial score (nSPS) is 53.4. The summed E-state index contributed by atoms with van der Waals surface area (Å²) in [5, 5.41) is 0. The molecule has 3 aliphatic rings. The molecular weight excluding hydrogens is 194 g/mol. The van der Waals surface area contributed by atoms with Gasteiger partial charge in [-0.15, -0.1) is 0 Å². The van der Waals surface area contributed by atoms with Gasteiger partial charge in [-0.25, -0.2) is 0 Å². The summed E-state index contributed by atoms with van der Waals surface area (Å²) in [4.78, 5) is 11.6. The Balaban J connectivity index is 1.89. The Kier molecular flexibility index (Phi) is 1.52. The van der Waals surface area contributed by atoms with Crippen LogP contribution in [0, 0.1) is 23.2 Å². The van der Waals surface area contributed by atoms with Crippen molar-refractivity contribution in [3.63, 3.8) is 0 Å². The first-order chi connectivity index (χ1) is 7.12. The molecule has 5 atom stereocenters. The molecule has 4 nitrogen and oxygen atoms in total. The second-order valence-corrected chi connectivity index (χ2v) is 4.88. The highest BCUT2D eigenvalue weighted by Crippen LogP contribution is 2.81. The summed E-state index contributed by atoms with van der Waals surface area (Å²) in [5.41, 5.74) is 5.79. The predicted molar refractivity (Wildman–Crippen MR) is 52.9 cm³/mol. The lowest BCUT2D eigenvalue weighted by atomic mass is 9.67. The van der Waals surface area contributed by atoms with Gasteiger partial charge in [0.2, 0.25) is 0 Å². The zero-order valence-electron chi connectivity index (χ0n) is 8.90. The van der Waals surface area contributed by atoms with E-state index in [1.165, 1.54) is 7.11 Å². The van der Waals surface area contributed by atoms with Crippen molar-refractivity contribution in [1.82, 2.24) is 0 Å². The van der Waals surface area contributed by atoms with E-state index in [1.54, 1.807) is 7.11 Å². The van der Waals surface area contributed by atoms with Gasteiger partial charge in [0.15, 0.2) is 0 Å². The summed E-state index contributed by atoms with van der Waals surface area (Å²) >= 11 is 0. The Morgan fingerprint density at radius 3 is 2.80 bits per heavy atom. The highest BCUT2D eigenvalue weighted by atomic mass is 16.5. The number of fused-ring (bicyclic) bond motifs is 1. The fourth-order valence-electron chi connectivity index (χ4n) is 3.84. The van der Waals surface area contributed by atoms with E-state index in [0.29, 0.717) is 18.4 Å². The van der Waals surface area contributed by atoms with Gasteiger partial charge in [0.25, 0.3) is 0 Å². The Labute approximate surface area is 88.4 Å². The highest BCUT2D eigenvalue weighted by molar-refractivity contribution is 5.81. The molecule has 2 saturated carbocycles. The molecular formula is C11H15NO3. The molecule has 4 heteroatoms. The van der Waals surface area contributed by atoms with Gasteiger partial charge in [0.05, 0.1) is 25.2 Å². The number of esters is 1. The number of ether oxygens (including phenoxy) is 2. The first-order valence-corrected chi connectivity index (χ1v) is 5.18. The Bertz CT molecular complexity index is 367. The van der Waals surface area contributed by atoms with E-state index < -0.39 is 5.54 Å². The van der Waals surface area contributed by atoms with Crippen LogP contribution in [0.4, 0.5) is 0 Å². The molecule has 2 N–H and O–H groups in total. The topological polar surface area (TPSA) is 61.5 Å². The quantitative estimate of drug-likeness (QED) is 0.522. The number of nitrogens with two attached hydrogens (primary N) is 1. The van der Waals surface area contributed by atoms with Crippen molar-refractivity contribution in [2.75, 3.05) is 20.8 Å². The lowest BCUT2D eigenvalue weighted by molar-refractivity contribution is -0.152. The van der Waals surface area contributed by atoms with Gasteiger partial charge < -0.3 is 15.2 Å². The molecule has 0 saturated heterocycles. The maximum atomic E-state index is 11.6.